The van der Waals surface area contributed by atoms with Crippen molar-refractivity contribution in [3.63, 3.8) is 0 Å². The van der Waals surface area contributed by atoms with Gasteiger partial charge in [0, 0.05) is 48.1 Å². The lowest BCUT2D eigenvalue weighted by Crippen LogP contribution is -2.51. The van der Waals surface area contributed by atoms with E-state index in [0.717, 1.165) is 30.8 Å². The van der Waals surface area contributed by atoms with Crippen molar-refractivity contribution in [2.45, 2.75) is 33.6 Å². The number of carbonyl (C=O) groups excluding carboxylic acids is 3. The van der Waals surface area contributed by atoms with Crippen molar-refractivity contribution in [3.05, 3.63) is 51.8 Å². The minimum Gasteiger partial charge on any atom is -0.368 e. The van der Waals surface area contributed by atoms with Gasteiger partial charge in [-0.25, -0.2) is 0 Å². The second-order valence-corrected chi connectivity index (χ2v) is 8.25. The fraction of sp³-hybridized carbons (Fsp3) is 0.435. The van der Waals surface area contributed by atoms with Crippen LogP contribution in [0, 0.1) is 6.92 Å². The summed E-state index contributed by atoms with van der Waals surface area (Å²) in [5.41, 5.74) is 3.46. The summed E-state index contributed by atoms with van der Waals surface area (Å²) in [4.78, 5) is 44.4. The Morgan fingerprint density at radius 1 is 1.10 bits per heavy atom. The Bertz CT molecular complexity index is 960. The summed E-state index contributed by atoms with van der Waals surface area (Å²) in [6, 6.07) is 7.66. The Morgan fingerprint density at radius 2 is 1.74 bits per heavy atom. The fourth-order valence-corrected chi connectivity index (χ4v) is 4.20. The van der Waals surface area contributed by atoms with Crippen LogP contribution in [0.4, 0.5) is 5.69 Å². The molecule has 2 aromatic rings. The Hall–Kier alpha value is -2.80. The summed E-state index contributed by atoms with van der Waals surface area (Å²) < 4.78 is 0. The molecule has 166 valence electrons. The predicted molar refractivity (Wildman–Crippen MR) is 122 cm³/mol. The molecule has 0 unspecified atom stereocenters. The molecule has 1 saturated heterocycles. The van der Waals surface area contributed by atoms with Crippen LogP contribution in [0.15, 0.2) is 24.3 Å². The number of piperazine rings is 1. The summed E-state index contributed by atoms with van der Waals surface area (Å²) in [6.45, 7) is 7.85. The van der Waals surface area contributed by atoms with Crippen LogP contribution in [0.5, 0.6) is 0 Å². The lowest BCUT2D eigenvalue weighted by atomic mass is 10.0. The molecule has 31 heavy (non-hydrogen) atoms. The molecule has 3 rings (SSSR count). The van der Waals surface area contributed by atoms with Crippen LogP contribution in [0.3, 0.4) is 0 Å². The van der Waals surface area contributed by atoms with Crippen molar-refractivity contribution >= 4 is 34.9 Å². The van der Waals surface area contributed by atoms with Gasteiger partial charge >= 0.3 is 0 Å². The fourth-order valence-electron chi connectivity index (χ4n) is 4.07. The van der Waals surface area contributed by atoms with Gasteiger partial charge in [-0.2, -0.15) is 0 Å². The Morgan fingerprint density at radius 3 is 2.32 bits per heavy atom. The van der Waals surface area contributed by atoms with Gasteiger partial charge in [0.25, 0.3) is 5.91 Å². The summed E-state index contributed by atoms with van der Waals surface area (Å²) in [5, 5.41) is 3.42. The molecule has 2 amide bonds. The second kappa shape index (κ2) is 10.0. The zero-order chi connectivity index (χ0) is 22.5. The molecule has 0 bridgehead atoms. The number of nitrogens with zero attached hydrogens (tertiary/aromatic N) is 2. The molecule has 8 heteroatoms. The smallest absolute Gasteiger partial charge is 0.268 e. The van der Waals surface area contributed by atoms with E-state index in [0.29, 0.717) is 41.5 Å². The molecule has 7 nitrogen and oxygen atoms in total. The third-order valence-electron chi connectivity index (χ3n) is 5.59. The number of ketones is 1. The molecule has 0 spiro atoms. The summed E-state index contributed by atoms with van der Waals surface area (Å²) in [7, 11) is 0. The van der Waals surface area contributed by atoms with E-state index < -0.39 is 0 Å². The first-order valence-electron chi connectivity index (χ1n) is 10.6. The molecule has 1 aromatic heterocycles. The van der Waals surface area contributed by atoms with Crippen LogP contribution < -0.4 is 10.2 Å². The second-order valence-electron chi connectivity index (χ2n) is 7.81. The van der Waals surface area contributed by atoms with Gasteiger partial charge in [0.1, 0.15) is 5.69 Å². The number of carbonyl (C=O) groups is 3. The first-order valence-corrected chi connectivity index (χ1v) is 11.0. The molecular weight excluding hydrogens is 416 g/mol. The summed E-state index contributed by atoms with van der Waals surface area (Å²) in [6.07, 6.45) is 1.44. The van der Waals surface area contributed by atoms with E-state index in [4.69, 9.17) is 11.6 Å². The van der Waals surface area contributed by atoms with Crippen LogP contribution in [0.1, 0.15) is 52.4 Å². The summed E-state index contributed by atoms with van der Waals surface area (Å²) >= 11 is 5.95. The number of benzene rings is 1. The number of nitrogens with one attached hydrogen (secondary N) is 2. The standard InChI is InChI=1S/C23H29ClN4O3/c1-4-5-19-21(16(3)29)15(2)26-22(19)23(31)25-14-20(30)28-12-10-27(11-13-28)18-8-6-17(24)7-9-18/h6-9,26H,4-5,10-14H2,1-3H3,(H,25,31). The number of aryl methyl sites for hydroxylation is 1. The molecule has 2 heterocycles. The maximum Gasteiger partial charge on any atom is 0.268 e. The van der Waals surface area contributed by atoms with Gasteiger partial charge < -0.3 is 20.1 Å². The lowest BCUT2D eigenvalue weighted by molar-refractivity contribution is -0.130. The average molecular weight is 445 g/mol. The number of hydrogen-bond acceptors (Lipinski definition) is 4. The highest BCUT2D eigenvalue weighted by Crippen LogP contribution is 2.22. The zero-order valence-corrected chi connectivity index (χ0v) is 19.0. The van der Waals surface area contributed by atoms with Gasteiger partial charge in [-0.1, -0.05) is 24.9 Å². The third-order valence-corrected chi connectivity index (χ3v) is 5.85. The van der Waals surface area contributed by atoms with Crippen molar-refractivity contribution in [3.8, 4) is 0 Å². The zero-order valence-electron chi connectivity index (χ0n) is 18.3. The first-order chi connectivity index (χ1) is 14.8. The maximum atomic E-state index is 12.7. The highest BCUT2D eigenvalue weighted by Gasteiger charge is 2.24. The predicted octanol–water partition coefficient (Wildman–Crippen LogP) is 3.21. The van der Waals surface area contributed by atoms with Crippen molar-refractivity contribution in [1.29, 1.82) is 0 Å². The first kappa shape index (κ1) is 22.9. The number of Topliss-reactive ketones (excluding diaryl/α,β-unsaturated/α-hetero) is 1. The van der Waals surface area contributed by atoms with E-state index >= 15 is 0 Å². The van der Waals surface area contributed by atoms with Crippen molar-refractivity contribution in [1.82, 2.24) is 15.2 Å². The molecule has 0 saturated carbocycles. The SMILES string of the molecule is CCCc1c(C(=O)NCC(=O)N2CCN(c3ccc(Cl)cc3)CC2)[nH]c(C)c1C(C)=O. The van der Waals surface area contributed by atoms with E-state index in [-0.39, 0.29) is 24.1 Å². The molecule has 1 aliphatic rings. The number of aromatic amines is 1. The van der Waals surface area contributed by atoms with Gasteiger partial charge in [0.15, 0.2) is 5.78 Å². The van der Waals surface area contributed by atoms with E-state index in [1.54, 1.807) is 11.8 Å². The van der Waals surface area contributed by atoms with Crippen molar-refractivity contribution < 1.29 is 14.4 Å². The van der Waals surface area contributed by atoms with E-state index in [1.807, 2.05) is 31.2 Å². The highest BCUT2D eigenvalue weighted by molar-refractivity contribution is 6.30. The largest absolute Gasteiger partial charge is 0.368 e. The van der Waals surface area contributed by atoms with Gasteiger partial charge in [-0.3, -0.25) is 14.4 Å². The lowest BCUT2D eigenvalue weighted by Gasteiger charge is -2.36. The van der Waals surface area contributed by atoms with Crippen LogP contribution in [-0.2, 0) is 11.2 Å². The van der Waals surface area contributed by atoms with Crippen molar-refractivity contribution in [2.75, 3.05) is 37.6 Å². The van der Waals surface area contributed by atoms with Gasteiger partial charge in [-0.05, 0) is 50.1 Å². The molecule has 1 aliphatic heterocycles. The molecule has 0 atom stereocenters. The summed E-state index contributed by atoms with van der Waals surface area (Å²) in [5.74, 6) is -0.533. The molecular formula is C23H29ClN4O3. The molecule has 2 N–H and O–H groups in total. The number of halogens is 1. The van der Waals surface area contributed by atoms with Crippen LogP contribution in [0.2, 0.25) is 5.02 Å². The Balaban J connectivity index is 1.56. The molecule has 0 radical (unpaired) electrons. The van der Waals surface area contributed by atoms with Crippen LogP contribution >= 0.6 is 11.6 Å². The van der Waals surface area contributed by atoms with Crippen LogP contribution in [-0.4, -0.2) is 60.2 Å². The van der Waals surface area contributed by atoms with E-state index in [9.17, 15) is 14.4 Å². The monoisotopic (exact) mass is 444 g/mol. The quantitative estimate of drug-likeness (QED) is 0.642. The number of hydrogen-bond donors (Lipinski definition) is 2. The number of rotatable bonds is 7. The molecule has 0 aliphatic carbocycles. The minimum absolute atomic E-state index is 0.0640. The topological polar surface area (TPSA) is 85.5 Å². The normalized spacial score (nSPS) is 13.9. The van der Waals surface area contributed by atoms with Gasteiger partial charge in [-0.15, -0.1) is 0 Å². The number of H-pyrrole nitrogens is 1. The third kappa shape index (κ3) is 5.28. The number of amides is 2. The molecule has 1 aromatic carbocycles. The number of anilines is 1. The van der Waals surface area contributed by atoms with E-state index in [2.05, 4.69) is 15.2 Å². The average Bonchev–Trinajstić information content (AvgIpc) is 3.09. The van der Waals surface area contributed by atoms with Crippen molar-refractivity contribution in [2.24, 2.45) is 0 Å². The number of aromatic nitrogens is 1. The highest BCUT2D eigenvalue weighted by atomic mass is 35.5. The minimum atomic E-state index is -0.354. The Kier molecular flexibility index (Phi) is 7.38. The molecule has 1 fully saturated rings. The maximum absolute atomic E-state index is 12.7. The van der Waals surface area contributed by atoms with E-state index in [1.165, 1.54) is 6.92 Å². The van der Waals surface area contributed by atoms with Gasteiger partial charge in [0.05, 0.1) is 6.54 Å². The Labute approximate surface area is 187 Å². The van der Waals surface area contributed by atoms with Gasteiger partial charge in [0.2, 0.25) is 5.91 Å². The van der Waals surface area contributed by atoms with Crippen LogP contribution in [0.25, 0.3) is 0 Å².